The zero-order valence-electron chi connectivity index (χ0n) is 17.6. The fraction of sp³-hybridized carbons (Fsp3) is 0.375. The lowest BCUT2D eigenvalue weighted by molar-refractivity contribution is 0.101. The van der Waals surface area contributed by atoms with Gasteiger partial charge in [-0.3, -0.25) is 9.69 Å². The number of Topliss-reactive ketones (excluding diaryl/α,β-unsaturated/α-hetero) is 1. The number of benzene rings is 2. The number of nitrogens with zero attached hydrogens (tertiary/aromatic N) is 1. The highest BCUT2D eigenvalue weighted by atomic mass is 16.5. The Kier molecular flexibility index (Phi) is 5.68. The summed E-state index contributed by atoms with van der Waals surface area (Å²) >= 11 is 0. The van der Waals surface area contributed by atoms with Gasteiger partial charge < -0.3 is 19.3 Å². The molecule has 1 atom stereocenters. The Labute approximate surface area is 176 Å². The fourth-order valence-electron chi connectivity index (χ4n) is 4.18. The minimum Gasteiger partial charge on any atom is -0.507 e. The molecule has 4 rings (SSSR count). The Morgan fingerprint density at radius 3 is 2.80 bits per heavy atom. The van der Waals surface area contributed by atoms with E-state index in [9.17, 15) is 9.90 Å². The molecule has 0 radical (unpaired) electrons. The quantitative estimate of drug-likeness (QED) is 0.745. The first-order valence-electron chi connectivity index (χ1n) is 10.2. The highest BCUT2D eigenvalue weighted by Crippen LogP contribution is 2.41. The number of hydrogen-bond acceptors (Lipinski definition) is 6. The zero-order chi connectivity index (χ0) is 21.3. The lowest BCUT2D eigenvalue weighted by Crippen LogP contribution is -2.33. The number of rotatable bonds is 5. The maximum Gasteiger partial charge on any atom is 0.231 e. The summed E-state index contributed by atoms with van der Waals surface area (Å²) < 4.78 is 16.7. The maximum atomic E-state index is 13.0. The lowest BCUT2D eigenvalue weighted by Gasteiger charge is -2.31. The molecule has 2 aliphatic heterocycles. The number of aromatic hydroxyl groups is 1. The summed E-state index contributed by atoms with van der Waals surface area (Å²) in [5, 5.41) is 10.5. The number of phenols is 1. The first-order valence-corrected chi connectivity index (χ1v) is 10.2. The van der Waals surface area contributed by atoms with E-state index >= 15 is 0 Å². The Balaban J connectivity index is 1.65. The van der Waals surface area contributed by atoms with E-state index in [1.807, 2.05) is 6.07 Å². The summed E-state index contributed by atoms with van der Waals surface area (Å²) in [7, 11) is 3.16. The summed E-state index contributed by atoms with van der Waals surface area (Å²) in [6.45, 7) is 4.76. The number of methoxy groups -OCH3 is 2. The molecular weight excluding hydrogens is 382 g/mol. The number of carbonyl (C=O) groups is 1. The number of ketones is 1. The number of phenolic OH excluding ortho intramolecular Hbond substituents is 1. The van der Waals surface area contributed by atoms with Crippen LogP contribution in [-0.4, -0.2) is 43.1 Å². The minimum absolute atomic E-state index is 0.156. The molecule has 1 saturated heterocycles. The van der Waals surface area contributed by atoms with Crippen LogP contribution < -0.4 is 14.2 Å². The van der Waals surface area contributed by atoms with Gasteiger partial charge in [-0.05, 0) is 55.6 Å². The van der Waals surface area contributed by atoms with Crippen LogP contribution in [0.3, 0.4) is 0 Å². The molecule has 2 aromatic rings. The van der Waals surface area contributed by atoms with E-state index in [4.69, 9.17) is 14.2 Å². The van der Waals surface area contributed by atoms with Crippen LogP contribution in [0.1, 0.15) is 41.3 Å². The lowest BCUT2D eigenvalue weighted by atomic mass is 9.99. The van der Waals surface area contributed by atoms with Gasteiger partial charge in [0.1, 0.15) is 23.0 Å². The van der Waals surface area contributed by atoms with Crippen molar-refractivity contribution >= 4 is 11.9 Å². The molecule has 0 amide bonds. The molecule has 158 valence electrons. The molecule has 2 heterocycles. The van der Waals surface area contributed by atoms with Crippen LogP contribution in [0.25, 0.3) is 6.08 Å². The molecule has 2 aromatic carbocycles. The Morgan fingerprint density at radius 1 is 1.23 bits per heavy atom. The van der Waals surface area contributed by atoms with Crippen molar-refractivity contribution in [2.24, 2.45) is 5.92 Å². The second-order valence-corrected chi connectivity index (χ2v) is 7.97. The van der Waals surface area contributed by atoms with Gasteiger partial charge >= 0.3 is 0 Å². The maximum absolute atomic E-state index is 13.0. The second-order valence-electron chi connectivity index (χ2n) is 7.97. The molecular formula is C24H27NO5. The fourth-order valence-corrected chi connectivity index (χ4v) is 4.18. The molecule has 1 N–H and O–H groups in total. The molecule has 0 aliphatic carbocycles. The van der Waals surface area contributed by atoms with Gasteiger partial charge in [0.15, 0.2) is 5.76 Å². The summed E-state index contributed by atoms with van der Waals surface area (Å²) in [5.41, 5.74) is 1.86. The predicted molar refractivity (Wildman–Crippen MR) is 114 cm³/mol. The normalized spacial score (nSPS) is 20.2. The topological polar surface area (TPSA) is 68.2 Å². The van der Waals surface area contributed by atoms with Crippen molar-refractivity contribution in [1.82, 2.24) is 4.90 Å². The first kappa shape index (κ1) is 20.3. The SMILES string of the molecule is COc1ccc(C=C2Oc3c(ccc(O)c3CN3CCC[C@H](C)C3)C2=O)c(OC)c1. The highest BCUT2D eigenvalue weighted by molar-refractivity contribution is 6.15. The van der Waals surface area contributed by atoms with Crippen molar-refractivity contribution in [1.29, 1.82) is 0 Å². The van der Waals surface area contributed by atoms with Crippen molar-refractivity contribution in [2.45, 2.75) is 26.3 Å². The molecule has 6 heteroatoms. The molecule has 30 heavy (non-hydrogen) atoms. The number of hydrogen-bond donors (Lipinski definition) is 1. The van der Waals surface area contributed by atoms with E-state index in [1.165, 1.54) is 6.42 Å². The summed E-state index contributed by atoms with van der Waals surface area (Å²) in [5.74, 6) is 2.50. The average Bonchev–Trinajstić information content (AvgIpc) is 3.06. The third-order valence-corrected chi connectivity index (χ3v) is 5.77. The third kappa shape index (κ3) is 3.87. The molecule has 0 unspecified atom stereocenters. The number of allylic oxidation sites excluding steroid dienone is 1. The van der Waals surface area contributed by atoms with Gasteiger partial charge in [-0.25, -0.2) is 0 Å². The summed E-state index contributed by atoms with van der Waals surface area (Å²) in [6.07, 6.45) is 4.03. The van der Waals surface area contributed by atoms with E-state index in [2.05, 4.69) is 11.8 Å². The summed E-state index contributed by atoms with van der Waals surface area (Å²) in [4.78, 5) is 15.3. The number of ether oxygens (including phenoxy) is 3. The van der Waals surface area contributed by atoms with Gasteiger partial charge in [-0.15, -0.1) is 0 Å². The van der Waals surface area contributed by atoms with Crippen LogP contribution in [0.15, 0.2) is 36.1 Å². The van der Waals surface area contributed by atoms with Crippen molar-refractivity contribution in [2.75, 3.05) is 27.3 Å². The van der Waals surface area contributed by atoms with E-state index in [0.29, 0.717) is 46.4 Å². The van der Waals surface area contributed by atoms with Crippen LogP contribution in [0.4, 0.5) is 0 Å². The molecule has 6 nitrogen and oxygen atoms in total. The van der Waals surface area contributed by atoms with Crippen molar-refractivity contribution in [3.05, 3.63) is 52.8 Å². The van der Waals surface area contributed by atoms with E-state index in [0.717, 1.165) is 19.5 Å². The standard InChI is InChI=1S/C24H27NO5/c1-15-5-4-10-25(13-15)14-19-20(26)9-8-18-23(27)22(30-24(18)19)11-16-6-7-17(28-2)12-21(16)29-3/h6-9,11-12,15,26H,4-5,10,13-14H2,1-3H3/t15-/m0/s1. The van der Waals surface area contributed by atoms with Crippen molar-refractivity contribution in [3.63, 3.8) is 0 Å². The second kappa shape index (κ2) is 8.40. The Morgan fingerprint density at radius 2 is 2.07 bits per heavy atom. The molecule has 1 fully saturated rings. The molecule has 0 spiro atoms. The Bertz CT molecular complexity index is 997. The van der Waals surface area contributed by atoms with Crippen LogP contribution >= 0.6 is 0 Å². The van der Waals surface area contributed by atoms with Gasteiger partial charge in [0.25, 0.3) is 0 Å². The predicted octanol–water partition coefficient (Wildman–Crippen LogP) is 4.26. The zero-order valence-corrected chi connectivity index (χ0v) is 17.6. The van der Waals surface area contributed by atoms with E-state index in [-0.39, 0.29) is 17.3 Å². The largest absolute Gasteiger partial charge is 0.507 e. The van der Waals surface area contributed by atoms with Crippen LogP contribution in [0, 0.1) is 5.92 Å². The smallest absolute Gasteiger partial charge is 0.231 e. The van der Waals surface area contributed by atoms with Crippen LogP contribution in [0.5, 0.6) is 23.0 Å². The van der Waals surface area contributed by atoms with Crippen LogP contribution in [-0.2, 0) is 6.54 Å². The number of piperidine rings is 1. The number of likely N-dealkylation sites (tertiary alicyclic amines) is 1. The van der Waals surface area contributed by atoms with Crippen LogP contribution in [0.2, 0.25) is 0 Å². The van der Waals surface area contributed by atoms with Gasteiger partial charge in [0.05, 0.1) is 25.3 Å². The molecule has 0 aromatic heterocycles. The van der Waals surface area contributed by atoms with E-state index < -0.39 is 0 Å². The minimum atomic E-state index is -0.198. The van der Waals surface area contributed by atoms with Crippen molar-refractivity contribution in [3.8, 4) is 23.0 Å². The number of fused-ring (bicyclic) bond motifs is 1. The summed E-state index contributed by atoms with van der Waals surface area (Å²) in [6, 6.07) is 8.59. The average molecular weight is 409 g/mol. The Hall–Kier alpha value is -2.99. The highest BCUT2D eigenvalue weighted by Gasteiger charge is 2.32. The molecule has 0 bridgehead atoms. The third-order valence-electron chi connectivity index (χ3n) is 5.77. The van der Waals surface area contributed by atoms with Gasteiger partial charge in [-0.2, -0.15) is 0 Å². The van der Waals surface area contributed by atoms with Gasteiger partial charge in [0, 0.05) is 24.7 Å². The van der Waals surface area contributed by atoms with Gasteiger partial charge in [-0.1, -0.05) is 6.92 Å². The first-order chi connectivity index (χ1) is 14.5. The van der Waals surface area contributed by atoms with Crippen molar-refractivity contribution < 1.29 is 24.1 Å². The number of carbonyl (C=O) groups excluding carboxylic acids is 1. The molecule has 0 saturated carbocycles. The van der Waals surface area contributed by atoms with Gasteiger partial charge in [0.2, 0.25) is 5.78 Å². The molecule has 2 aliphatic rings. The monoisotopic (exact) mass is 409 g/mol. The van der Waals surface area contributed by atoms with E-state index in [1.54, 1.807) is 44.6 Å².